The van der Waals surface area contributed by atoms with E-state index in [2.05, 4.69) is 60.7 Å². The summed E-state index contributed by atoms with van der Waals surface area (Å²) in [6, 6.07) is 40.7. The SMILES string of the molecule is Clc1cc(-c2nc(-c3ccccc3)nc(-c3cc4ccccc4c4ccccc34)n2)c2c(c1)oc1ccccc12. The van der Waals surface area contributed by atoms with E-state index in [9.17, 15) is 0 Å². The molecule has 0 N–H and O–H groups in total. The number of furan rings is 1. The van der Waals surface area contributed by atoms with Crippen LogP contribution in [0.2, 0.25) is 5.02 Å². The Morgan fingerprint density at radius 2 is 1.10 bits per heavy atom. The molecule has 188 valence electrons. The third-order valence-electron chi connectivity index (χ3n) is 7.36. The fourth-order valence-corrected chi connectivity index (χ4v) is 5.78. The Morgan fingerprint density at radius 1 is 0.475 bits per heavy atom. The lowest BCUT2D eigenvalue weighted by Gasteiger charge is -2.13. The number of hydrogen-bond acceptors (Lipinski definition) is 4. The van der Waals surface area contributed by atoms with Gasteiger partial charge in [0.25, 0.3) is 0 Å². The molecule has 8 rings (SSSR count). The summed E-state index contributed by atoms with van der Waals surface area (Å²) < 4.78 is 6.18. The van der Waals surface area contributed by atoms with Crippen molar-refractivity contribution in [1.29, 1.82) is 0 Å². The summed E-state index contributed by atoms with van der Waals surface area (Å²) in [6.07, 6.45) is 0. The zero-order chi connectivity index (χ0) is 26.6. The third kappa shape index (κ3) is 3.65. The second kappa shape index (κ2) is 9.01. The number of fused-ring (bicyclic) bond motifs is 6. The number of halogens is 1. The van der Waals surface area contributed by atoms with Gasteiger partial charge in [-0.05, 0) is 39.7 Å². The predicted octanol–water partition coefficient (Wildman–Crippen LogP) is 9.73. The van der Waals surface area contributed by atoms with Gasteiger partial charge in [0, 0.05) is 38.6 Å². The predicted molar refractivity (Wildman–Crippen MR) is 163 cm³/mol. The van der Waals surface area contributed by atoms with Gasteiger partial charge in [-0.15, -0.1) is 0 Å². The molecular weight excluding hydrogens is 514 g/mol. The lowest BCUT2D eigenvalue weighted by molar-refractivity contribution is 0.669. The van der Waals surface area contributed by atoms with Gasteiger partial charge in [0.2, 0.25) is 0 Å². The Bertz CT molecular complexity index is 2240. The Kier molecular flexibility index (Phi) is 5.15. The molecule has 0 spiro atoms. The highest BCUT2D eigenvalue weighted by molar-refractivity contribution is 6.32. The highest BCUT2D eigenvalue weighted by atomic mass is 35.5. The summed E-state index contributed by atoms with van der Waals surface area (Å²) in [7, 11) is 0. The first-order valence-corrected chi connectivity index (χ1v) is 13.4. The maximum Gasteiger partial charge on any atom is 0.164 e. The van der Waals surface area contributed by atoms with Crippen LogP contribution < -0.4 is 0 Å². The van der Waals surface area contributed by atoms with E-state index < -0.39 is 0 Å². The van der Waals surface area contributed by atoms with Crippen LogP contribution in [0, 0.1) is 0 Å². The molecule has 0 saturated heterocycles. The minimum atomic E-state index is 0.542. The van der Waals surface area contributed by atoms with Crippen LogP contribution in [0.5, 0.6) is 0 Å². The molecule has 8 aromatic rings. The first-order valence-electron chi connectivity index (χ1n) is 13.1. The maximum atomic E-state index is 6.63. The van der Waals surface area contributed by atoms with Crippen molar-refractivity contribution in [2.45, 2.75) is 0 Å². The molecule has 0 unspecified atom stereocenters. The van der Waals surface area contributed by atoms with Crippen LogP contribution in [0.1, 0.15) is 0 Å². The lowest BCUT2D eigenvalue weighted by atomic mass is 9.96. The molecule has 0 aliphatic rings. The van der Waals surface area contributed by atoms with E-state index in [1.165, 1.54) is 5.39 Å². The Labute approximate surface area is 234 Å². The third-order valence-corrected chi connectivity index (χ3v) is 7.58. The van der Waals surface area contributed by atoms with Gasteiger partial charge in [0.1, 0.15) is 11.2 Å². The number of benzene rings is 6. The van der Waals surface area contributed by atoms with Crippen LogP contribution in [0.25, 0.3) is 77.6 Å². The van der Waals surface area contributed by atoms with Crippen molar-refractivity contribution in [3.05, 3.63) is 126 Å². The molecular formula is C35H20ClN3O. The van der Waals surface area contributed by atoms with Crippen LogP contribution >= 0.6 is 11.6 Å². The maximum absolute atomic E-state index is 6.63. The molecule has 0 atom stereocenters. The Balaban J connectivity index is 1.48. The highest BCUT2D eigenvalue weighted by Gasteiger charge is 2.20. The monoisotopic (exact) mass is 533 g/mol. The highest BCUT2D eigenvalue weighted by Crippen LogP contribution is 2.39. The summed E-state index contributed by atoms with van der Waals surface area (Å²) in [4.78, 5) is 15.1. The van der Waals surface area contributed by atoms with Crippen LogP contribution in [-0.2, 0) is 0 Å². The molecule has 0 amide bonds. The van der Waals surface area contributed by atoms with E-state index >= 15 is 0 Å². The Morgan fingerprint density at radius 3 is 1.93 bits per heavy atom. The summed E-state index contributed by atoms with van der Waals surface area (Å²) in [5, 5.41) is 7.04. The van der Waals surface area contributed by atoms with E-state index in [1.54, 1.807) is 0 Å². The number of para-hydroxylation sites is 1. The van der Waals surface area contributed by atoms with Gasteiger partial charge in [-0.1, -0.05) is 109 Å². The summed E-state index contributed by atoms with van der Waals surface area (Å²) in [5.41, 5.74) is 4.15. The largest absolute Gasteiger partial charge is 0.456 e. The molecule has 5 heteroatoms. The molecule has 0 aliphatic heterocycles. The number of hydrogen-bond donors (Lipinski definition) is 0. The topological polar surface area (TPSA) is 51.8 Å². The fourth-order valence-electron chi connectivity index (χ4n) is 5.57. The van der Waals surface area contributed by atoms with Crippen LogP contribution in [0.3, 0.4) is 0 Å². The van der Waals surface area contributed by atoms with Crippen molar-refractivity contribution in [2.24, 2.45) is 0 Å². The molecule has 0 aliphatic carbocycles. The normalized spacial score (nSPS) is 11.6. The van der Waals surface area contributed by atoms with E-state index in [0.29, 0.717) is 28.1 Å². The van der Waals surface area contributed by atoms with Gasteiger partial charge in [0.05, 0.1) is 0 Å². The average molecular weight is 534 g/mol. The summed E-state index contributed by atoms with van der Waals surface area (Å²) in [6.45, 7) is 0. The minimum Gasteiger partial charge on any atom is -0.456 e. The van der Waals surface area contributed by atoms with Crippen molar-refractivity contribution in [3.63, 3.8) is 0 Å². The average Bonchev–Trinajstić information content (AvgIpc) is 3.38. The van der Waals surface area contributed by atoms with E-state index in [4.69, 9.17) is 31.0 Å². The second-order valence-corrected chi connectivity index (χ2v) is 10.2. The van der Waals surface area contributed by atoms with Crippen LogP contribution in [0.15, 0.2) is 126 Å². The van der Waals surface area contributed by atoms with Crippen molar-refractivity contribution in [1.82, 2.24) is 15.0 Å². The quantitative estimate of drug-likeness (QED) is 0.212. The van der Waals surface area contributed by atoms with Gasteiger partial charge in [0.15, 0.2) is 17.5 Å². The lowest BCUT2D eigenvalue weighted by Crippen LogP contribution is -2.01. The fraction of sp³-hybridized carbons (Fsp3) is 0. The van der Waals surface area contributed by atoms with Gasteiger partial charge in [-0.25, -0.2) is 15.0 Å². The van der Waals surface area contributed by atoms with Crippen molar-refractivity contribution < 1.29 is 4.42 Å². The molecule has 0 saturated carbocycles. The molecule has 0 fully saturated rings. The minimum absolute atomic E-state index is 0.542. The molecule has 0 radical (unpaired) electrons. The van der Waals surface area contributed by atoms with Crippen molar-refractivity contribution in [2.75, 3.05) is 0 Å². The van der Waals surface area contributed by atoms with E-state index in [0.717, 1.165) is 49.2 Å². The molecule has 2 aromatic heterocycles. The zero-order valence-electron chi connectivity index (χ0n) is 21.2. The molecule has 40 heavy (non-hydrogen) atoms. The van der Waals surface area contributed by atoms with Gasteiger partial charge in [-0.3, -0.25) is 0 Å². The standard InChI is InChI=1S/C35H20ClN3O/c36-23-19-29(32-27-16-8-9-17-30(27)40-31(32)20-23)35-38-33(21-10-2-1-3-11-21)37-34(39-35)28-18-22-12-4-5-13-24(22)25-14-6-7-15-26(25)28/h1-20H. The molecule has 0 bridgehead atoms. The molecule has 2 heterocycles. The Hall–Kier alpha value is -5.06. The van der Waals surface area contributed by atoms with Crippen LogP contribution in [0.4, 0.5) is 0 Å². The van der Waals surface area contributed by atoms with Gasteiger partial charge >= 0.3 is 0 Å². The van der Waals surface area contributed by atoms with E-state index in [-0.39, 0.29) is 0 Å². The number of aromatic nitrogens is 3. The zero-order valence-corrected chi connectivity index (χ0v) is 21.9. The van der Waals surface area contributed by atoms with Crippen LogP contribution in [-0.4, -0.2) is 15.0 Å². The summed E-state index contributed by atoms with van der Waals surface area (Å²) >= 11 is 6.63. The van der Waals surface area contributed by atoms with E-state index in [1.807, 2.05) is 60.7 Å². The molecule has 6 aromatic carbocycles. The summed E-state index contributed by atoms with van der Waals surface area (Å²) in [5.74, 6) is 1.74. The number of rotatable bonds is 3. The second-order valence-electron chi connectivity index (χ2n) is 9.79. The van der Waals surface area contributed by atoms with Gasteiger partial charge < -0.3 is 4.42 Å². The van der Waals surface area contributed by atoms with Crippen molar-refractivity contribution >= 4 is 55.1 Å². The molecule has 4 nitrogen and oxygen atoms in total. The smallest absolute Gasteiger partial charge is 0.164 e. The van der Waals surface area contributed by atoms with Crippen molar-refractivity contribution in [3.8, 4) is 34.2 Å². The van der Waals surface area contributed by atoms with Gasteiger partial charge in [-0.2, -0.15) is 0 Å². The number of nitrogens with zero attached hydrogens (tertiary/aromatic N) is 3. The first kappa shape index (κ1) is 22.9. The first-order chi connectivity index (χ1) is 19.7.